The lowest BCUT2D eigenvalue weighted by atomic mass is 10.0. The molecule has 0 fully saturated rings. The van der Waals surface area contributed by atoms with Gasteiger partial charge in [-0.15, -0.1) is 0 Å². The SMILES string of the molecule is c1ccc2c(-c3ccc(-n4c5ccccc5c5ccccc54)cc3)nc(-c3ccc(-n4c5ccccc5c5ccccc54)cc3)nc2c1. The lowest BCUT2D eigenvalue weighted by molar-refractivity contribution is 1.17. The Morgan fingerprint density at radius 1 is 0.312 bits per heavy atom. The van der Waals surface area contributed by atoms with Crippen LogP contribution in [0.25, 0.3) is 88.5 Å². The Morgan fingerprint density at radius 2 is 0.688 bits per heavy atom. The summed E-state index contributed by atoms with van der Waals surface area (Å²) in [6.45, 7) is 0. The lowest BCUT2D eigenvalue weighted by Gasteiger charge is -2.12. The maximum Gasteiger partial charge on any atom is 0.160 e. The Labute approximate surface area is 276 Å². The summed E-state index contributed by atoms with van der Waals surface area (Å²) in [5, 5.41) is 6.06. The van der Waals surface area contributed by atoms with Crippen LogP contribution in [-0.2, 0) is 0 Å². The molecule has 10 aromatic rings. The maximum atomic E-state index is 5.20. The molecule has 4 nitrogen and oxygen atoms in total. The molecule has 7 aromatic carbocycles. The van der Waals surface area contributed by atoms with Gasteiger partial charge in [0.1, 0.15) is 0 Å². The second-order valence-corrected chi connectivity index (χ2v) is 12.2. The number of hydrogen-bond acceptors (Lipinski definition) is 2. The van der Waals surface area contributed by atoms with E-state index in [0.717, 1.165) is 39.1 Å². The molecule has 0 aliphatic rings. The molecule has 0 N–H and O–H groups in total. The van der Waals surface area contributed by atoms with Gasteiger partial charge >= 0.3 is 0 Å². The first-order valence-electron chi connectivity index (χ1n) is 16.3. The molecule has 0 spiro atoms. The average Bonchev–Trinajstić information content (AvgIpc) is 3.68. The summed E-state index contributed by atoms with van der Waals surface area (Å²) < 4.78 is 4.68. The van der Waals surface area contributed by atoms with Crippen LogP contribution >= 0.6 is 0 Å². The van der Waals surface area contributed by atoms with Crippen molar-refractivity contribution in [1.29, 1.82) is 0 Å². The Bertz CT molecular complexity index is 2710. The molecule has 0 radical (unpaired) electrons. The number of hydrogen-bond donors (Lipinski definition) is 0. The zero-order valence-electron chi connectivity index (χ0n) is 26.0. The number of para-hydroxylation sites is 5. The summed E-state index contributed by atoms with van der Waals surface area (Å²) in [5.41, 5.74) is 10.9. The van der Waals surface area contributed by atoms with E-state index >= 15 is 0 Å². The molecule has 0 saturated heterocycles. The highest BCUT2D eigenvalue weighted by atomic mass is 15.0. The van der Waals surface area contributed by atoms with Crippen LogP contribution in [0.2, 0.25) is 0 Å². The highest BCUT2D eigenvalue weighted by Gasteiger charge is 2.16. The van der Waals surface area contributed by atoms with E-state index in [-0.39, 0.29) is 0 Å². The quantitative estimate of drug-likeness (QED) is 0.198. The monoisotopic (exact) mass is 612 g/mol. The van der Waals surface area contributed by atoms with Gasteiger partial charge in [0.15, 0.2) is 5.82 Å². The van der Waals surface area contributed by atoms with Gasteiger partial charge in [-0.05, 0) is 66.7 Å². The maximum absolute atomic E-state index is 5.20. The van der Waals surface area contributed by atoms with Crippen molar-refractivity contribution in [3.05, 3.63) is 170 Å². The molecule has 48 heavy (non-hydrogen) atoms. The van der Waals surface area contributed by atoms with Crippen molar-refractivity contribution in [2.45, 2.75) is 0 Å². The van der Waals surface area contributed by atoms with Gasteiger partial charge in [0, 0.05) is 49.4 Å². The largest absolute Gasteiger partial charge is 0.309 e. The van der Waals surface area contributed by atoms with Gasteiger partial charge < -0.3 is 9.13 Å². The number of rotatable bonds is 4. The van der Waals surface area contributed by atoms with Gasteiger partial charge in [0.2, 0.25) is 0 Å². The third kappa shape index (κ3) is 4.03. The Balaban J connectivity index is 1.07. The Morgan fingerprint density at radius 3 is 1.15 bits per heavy atom. The van der Waals surface area contributed by atoms with Crippen molar-refractivity contribution < 1.29 is 0 Å². The highest BCUT2D eigenvalue weighted by molar-refractivity contribution is 6.10. The fraction of sp³-hybridized carbons (Fsp3) is 0. The fourth-order valence-electron chi connectivity index (χ4n) is 7.36. The average molecular weight is 613 g/mol. The van der Waals surface area contributed by atoms with Crippen molar-refractivity contribution in [3.63, 3.8) is 0 Å². The number of nitrogens with zero attached hydrogens (tertiary/aromatic N) is 4. The lowest BCUT2D eigenvalue weighted by Crippen LogP contribution is -1.97. The molecule has 3 aromatic heterocycles. The van der Waals surface area contributed by atoms with E-state index in [1.807, 2.05) is 6.07 Å². The van der Waals surface area contributed by atoms with Crippen molar-refractivity contribution in [2.75, 3.05) is 0 Å². The van der Waals surface area contributed by atoms with Crippen molar-refractivity contribution in [1.82, 2.24) is 19.1 Å². The number of benzene rings is 7. The number of aromatic nitrogens is 4. The minimum atomic E-state index is 0.712. The van der Waals surface area contributed by atoms with Crippen molar-refractivity contribution >= 4 is 54.5 Å². The van der Waals surface area contributed by atoms with Crippen molar-refractivity contribution in [3.8, 4) is 34.0 Å². The summed E-state index contributed by atoms with van der Waals surface area (Å²) in [5.74, 6) is 0.712. The molecular formula is C44H28N4. The Kier molecular flexibility index (Phi) is 5.84. The van der Waals surface area contributed by atoms with Crippen LogP contribution in [0.3, 0.4) is 0 Å². The molecule has 3 heterocycles. The smallest absolute Gasteiger partial charge is 0.160 e. The first kappa shape index (κ1) is 26.7. The van der Waals surface area contributed by atoms with E-state index in [1.165, 1.54) is 43.6 Å². The molecule has 0 saturated carbocycles. The molecule has 0 aliphatic heterocycles. The topological polar surface area (TPSA) is 35.6 Å². The molecule has 0 atom stereocenters. The van der Waals surface area contributed by atoms with Crippen LogP contribution in [0, 0.1) is 0 Å². The van der Waals surface area contributed by atoms with Gasteiger partial charge in [-0.25, -0.2) is 9.97 Å². The van der Waals surface area contributed by atoms with Gasteiger partial charge in [0.05, 0.1) is 33.3 Å². The third-order valence-corrected chi connectivity index (χ3v) is 9.55. The predicted molar refractivity (Wildman–Crippen MR) is 199 cm³/mol. The predicted octanol–water partition coefficient (Wildman–Crippen LogP) is 11.2. The molecule has 0 aliphatic carbocycles. The molecule has 4 heteroatoms. The molecule has 224 valence electrons. The van der Waals surface area contributed by atoms with Crippen LogP contribution in [0.4, 0.5) is 0 Å². The van der Waals surface area contributed by atoms with E-state index in [9.17, 15) is 0 Å². The normalized spacial score (nSPS) is 11.8. The first-order chi connectivity index (χ1) is 23.8. The summed E-state index contributed by atoms with van der Waals surface area (Å²) >= 11 is 0. The highest BCUT2D eigenvalue weighted by Crippen LogP contribution is 2.35. The van der Waals surface area contributed by atoms with Gasteiger partial charge in [-0.1, -0.05) is 103 Å². The minimum absolute atomic E-state index is 0.712. The van der Waals surface area contributed by atoms with E-state index in [2.05, 4.69) is 173 Å². The van der Waals surface area contributed by atoms with E-state index in [4.69, 9.17) is 9.97 Å². The van der Waals surface area contributed by atoms with Crippen LogP contribution in [0.15, 0.2) is 170 Å². The van der Waals surface area contributed by atoms with E-state index < -0.39 is 0 Å². The van der Waals surface area contributed by atoms with Crippen molar-refractivity contribution in [2.24, 2.45) is 0 Å². The zero-order valence-corrected chi connectivity index (χ0v) is 26.0. The summed E-state index contributed by atoms with van der Waals surface area (Å²) in [4.78, 5) is 10.2. The Hall–Kier alpha value is -6.52. The third-order valence-electron chi connectivity index (χ3n) is 9.55. The molecular weight excluding hydrogens is 585 g/mol. The zero-order chi connectivity index (χ0) is 31.6. The van der Waals surface area contributed by atoms with Gasteiger partial charge in [-0.2, -0.15) is 0 Å². The second kappa shape index (κ2) is 10.5. The van der Waals surface area contributed by atoms with Crippen LogP contribution in [0.1, 0.15) is 0 Å². The molecule has 0 unspecified atom stereocenters. The summed E-state index contributed by atoms with van der Waals surface area (Å²) in [7, 11) is 0. The molecule has 0 amide bonds. The van der Waals surface area contributed by atoms with Crippen LogP contribution in [-0.4, -0.2) is 19.1 Å². The van der Waals surface area contributed by atoms with Gasteiger partial charge in [-0.3, -0.25) is 0 Å². The first-order valence-corrected chi connectivity index (χ1v) is 16.3. The van der Waals surface area contributed by atoms with Crippen LogP contribution < -0.4 is 0 Å². The van der Waals surface area contributed by atoms with E-state index in [0.29, 0.717) is 5.82 Å². The fourth-order valence-corrected chi connectivity index (χ4v) is 7.36. The summed E-state index contributed by atoms with van der Waals surface area (Å²) in [6.07, 6.45) is 0. The standard InChI is InChI=1S/C44H28N4/c1-6-16-38-37(15-1)43(29-21-25-31(26-22-29)47-39-17-7-2-11-33(39)34-12-3-8-18-40(34)47)46-44(45-38)30-23-27-32(28-24-30)48-41-19-9-4-13-35(41)36-14-5-10-20-42(36)48/h1-28H. The van der Waals surface area contributed by atoms with E-state index in [1.54, 1.807) is 0 Å². The van der Waals surface area contributed by atoms with Crippen LogP contribution in [0.5, 0.6) is 0 Å². The second-order valence-electron chi connectivity index (χ2n) is 12.2. The molecule has 0 bridgehead atoms. The summed E-state index contributed by atoms with van der Waals surface area (Å²) in [6, 6.07) is 60.1. The van der Waals surface area contributed by atoms with Gasteiger partial charge in [0.25, 0.3) is 0 Å². The molecule has 10 rings (SSSR count). The number of fused-ring (bicyclic) bond motifs is 7. The minimum Gasteiger partial charge on any atom is -0.309 e.